The summed E-state index contributed by atoms with van der Waals surface area (Å²) in [6.07, 6.45) is 1.27. The van der Waals surface area contributed by atoms with Crippen LogP contribution in [0.4, 0.5) is 5.69 Å². The summed E-state index contributed by atoms with van der Waals surface area (Å²) in [6.45, 7) is 5.75. The summed E-state index contributed by atoms with van der Waals surface area (Å²) >= 11 is 3.38. The molecule has 0 fully saturated rings. The van der Waals surface area contributed by atoms with Crippen molar-refractivity contribution in [3.63, 3.8) is 0 Å². The van der Waals surface area contributed by atoms with Gasteiger partial charge in [0.15, 0.2) is 0 Å². The van der Waals surface area contributed by atoms with Crippen LogP contribution in [0.1, 0.15) is 22.3 Å². The fourth-order valence-corrected chi connectivity index (χ4v) is 3.13. The van der Waals surface area contributed by atoms with E-state index < -0.39 is 17.1 Å². The lowest BCUT2D eigenvalue weighted by atomic mass is 10.1. The van der Waals surface area contributed by atoms with Crippen molar-refractivity contribution in [3.8, 4) is 11.6 Å². The van der Waals surface area contributed by atoms with Gasteiger partial charge in [0.25, 0.3) is 5.56 Å². The fraction of sp³-hybridized carbons (Fsp3) is 0.150. The maximum atomic E-state index is 12.3. The summed E-state index contributed by atoms with van der Waals surface area (Å²) < 4.78 is 1.98. The Morgan fingerprint density at radius 1 is 1.04 bits per heavy atom. The second-order valence-corrected chi connectivity index (χ2v) is 7.21. The van der Waals surface area contributed by atoms with E-state index in [1.807, 2.05) is 39.0 Å². The van der Waals surface area contributed by atoms with Crippen LogP contribution in [-0.2, 0) is 0 Å². The van der Waals surface area contributed by atoms with E-state index in [2.05, 4.69) is 25.9 Å². The molecule has 0 unspecified atom stereocenters. The molecule has 0 spiro atoms. The predicted octanol–water partition coefficient (Wildman–Crippen LogP) is 3.67. The van der Waals surface area contributed by atoms with E-state index in [-0.39, 0.29) is 5.56 Å². The average Bonchev–Trinajstić information content (AvgIpc) is 2.59. The third kappa shape index (κ3) is 3.78. The van der Waals surface area contributed by atoms with Crippen molar-refractivity contribution in [2.75, 3.05) is 0 Å². The first-order valence-corrected chi connectivity index (χ1v) is 9.03. The zero-order valence-electron chi connectivity index (χ0n) is 15.1. The van der Waals surface area contributed by atoms with Gasteiger partial charge in [0, 0.05) is 10.7 Å². The molecule has 0 radical (unpaired) electrons. The number of aromatic amines is 1. The number of nitrogens with one attached hydrogen (secondary N) is 1. The van der Waals surface area contributed by atoms with Crippen LogP contribution in [0.3, 0.4) is 0 Å². The van der Waals surface area contributed by atoms with E-state index >= 15 is 0 Å². The predicted molar refractivity (Wildman–Crippen MR) is 110 cm³/mol. The van der Waals surface area contributed by atoms with Gasteiger partial charge in [-0.25, -0.2) is 9.36 Å². The van der Waals surface area contributed by atoms with Crippen LogP contribution in [0.5, 0.6) is 5.88 Å². The molecule has 0 saturated heterocycles. The Bertz CT molecular complexity index is 1180. The maximum absolute atomic E-state index is 12.3. The van der Waals surface area contributed by atoms with Crippen molar-refractivity contribution in [1.29, 1.82) is 0 Å². The van der Waals surface area contributed by atoms with Crippen molar-refractivity contribution in [2.45, 2.75) is 20.8 Å². The number of hydrogen-bond donors (Lipinski definition) is 2. The van der Waals surface area contributed by atoms with E-state index in [4.69, 9.17) is 0 Å². The molecule has 2 aromatic carbocycles. The van der Waals surface area contributed by atoms with Crippen LogP contribution in [0.2, 0.25) is 0 Å². The second-order valence-electron chi connectivity index (χ2n) is 6.29. The molecule has 2 N–H and O–H groups in total. The number of benzene rings is 2. The molecule has 0 atom stereocenters. The second kappa shape index (κ2) is 7.36. The lowest BCUT2D eigenvalue weighted by molar-refractivity contribution is 0.430. The summed E-state index contributed by atoms with van der Waals surface area (Å²) in [4.78, 5) is 31.0. The first-order valence-electron chi connectivity index (χ1n) is 8.24. The highest BCUT2D eigenvalue weighted by Crippen LogP contribution is 2.23. The maximum Gasteiger partial charge on any atom is 0.335 e. The third-order valence-corrected chi connectivity index (χ3v) is 4.85. The number of halogens is 1. The van der Waals surface area contributed by atoms with Crippen LogP contribution in [0.25, 0.3) is 5.69 Å². The number of aliphatic imine (C=N–C) groups is 1. The molecule has 7 heteroatoms. The van der Waals surface area contributed by atoms with Gasteiger partial charge in [-0.2, -0.15) is 0 Å². The Labute approximate surface area is 164 Å². The zero-order valence-corrected chi connectivity index (χ0v) is 16.7. The summed E-state index contributed by atoms with van der Waals surface area (Å²) in [5, 5.41) is 10.6. The van der Waals surface area contributed by atoms with E-state index in [0.717, 1.165) is 25.7 Å². The Balaban J connectivity index is 2.14. The molecular weight excluding hydrogens is 410 g/mol. The smallest absolute Gasteiger partial charge is 0.335 e. The van der Waals surface area contributed by atoms with E-state index in [0.29, 0.717) is 11.4 Å². The van der Waals surface area contributed by atoms with Gasteiger partial charge < -0.3 is 5.11 Å². The fourth-order valence-electron chi connectivity index (χ4n) is 2.66. The number of rotatable bonds is 3. The van der Waals surface area contributed by atoms with E-state index in [9.17, 15) is 14.7 Å². The van der Waals surface area contributed by atoms with E-state index in [1.54, 1.807) is 18.2 Å². The molecule has 0 aliphatic rings. The number of hydrogen-bond acceptors (Lipinski definition) is 4. The van der Waals surface area contributed by atoms with Gasteiger partial charge in [-0.1, -0.05) is 22.0 Å². The van der Waals surface area contributed by atoms with Crippen LogP contribution in [0, 0.1) is 20.8 Å². The lowest BCUT2D eigenvalue weighted by Gasteiger charge is -2.11. The number of H-pyrrole nitrogens is 1. The Hall–Kier alpha value is -2.93. The van der Waals surface area contributed by atoms with Crippen LogP contribution in [-0.4, -0.2) is 20.9 Å². The third-order valence-electron chi connectivity index (χ3n) is 4.36. The van der Waals surface area contributed by atoms with Crippen LogP contribution < -0.4 is 11.2 Å². The van der Waals surface area contributed by atoms with Gasteiger partial charge >= 0.3 is 5.69 Å². The van der Waals surface area contributed by atoms with Gasteiger partial charge in [-0.15, -0.1) is 0 Å². The molecule has 3 aromatic rings. The summed E-state index contributed by atoms with van der Waals surface area (Å²) in [6, 6.07) is 10.9. The van der Waals surface area contributed by atoms with Crippen molar-refractivity contribution >= 4 is 27.8 Å². The molecule has 3 rings (SSSR count). The standard InChI is InChI=1S/C20H18BrN3O3/c1-11-4-6-15(9-12(11)2)24-19(26)16(18(25)23-20(24)27)10-22-17-7-5-14(21)8-13(17)3/h4-10,26H,1-3H3,(H,23,25,27). The average molecular weight is 428 g/mol. The topological polar surface area (TPSA) is 87.4 Å². The van der Waals surface area contributed by atoms with Gasteiger partial charge in [-0.05, 0) is 67.8 Å². The Kier molecular flexibility index (Phi) is 5.14. The minimum absolute atomic E-state index is 0.0878. The first kappa shape index (κ1) is 18.8. The number of nitrogens with zero attached hydrogens (tertiary/aromatic N) is 2. The minimum Gasteiger partial charge on any atom is -0.493 e. The summed E-state index contributed by atoms with van der Waals surface area (Å²) in [7, 11) is 0. The van der Waals surface area contributed by atoms with Crippen molar-refractivity contribution in [2.24, 2.45) is 4.99 Å². The van der Waals surface area contributed by atoms with Gasteiger partial charge in [0.2, 0.25) is 5.88 Å². The molecule has 0 aliphatic carbocycles. The highest BCUT2D eigenvalue weighted by Gasteiger charge is 2.14. The first-order chi connectivity index (χ1) is 12.8. The molecule has 0 saturated carbocycles. The van der Waals surface area contributed by atoms with Gasteiger partial charge in [-0.3, -0.25) is 14.8 Å². The lowest BCUT2D eigenvalue weighted by Crippen LogP contribution is -2.31. The van der Waals surface area contributed by atoms with Crippen molar-refractivity contribution in [3.05, 3.63) is 84.0 Å². The monoisotopic (exact) mass is 427 g/mol. The molecule has 6 nitrogen and oxygen atoms in total. The number of aromatic nitrogens is 2. The van der Waals surface area contributed by atoms with Gasteiger partial charge in [0.1, 0.15) is 5.56 Å². The molecule has 27 heavy (non-hydrogen) atoms. The highest BCUT2D eigenvalue weighted by atomic mass is 79.9. The molecule has 1 heterocycles. The molecular formula is C20H18BrN3O3. The normalized spacial score (nSPS) is 11.3. The van der Waals surface area contributed by atoms with E-state index in [1.165, 1.54) is 6.21 Å². The molecule has 138 valence electrons. The number of aryl methyl sites for hydroxylation is 3. The number of aromatic hydroxyl groups is 1. The van der Waals surface area contributed by atoms with Crippen LogP contribution >= 0.6 is 15.9 Å². The molecule has 0 amide bonds. The Morgan fingerprint density at radius 2 is 1.78 bits per heavy atom. The SMILES string of the molecule is Cc1ccc(-n2c(O)c(C=Nc3ccc(Br)cc3C)c(=O)[nH]c2=O)cc1C. The minimum atomic E-state index is -0.710. The van der Waals surface area contributed by atoms with Crippen LogP contribution in [0.15, 0.2) is 55.5 Å². The zero-order chi connectivity index (χ0) is 19.7. The Morgan fingerprint density at radius 3 is 2.44 bits per heavy atom. The molecule has 1 aromatic heterocycles. The molecule has 0 bridgehead atoms. The largest absolute Gasteiger partial charge is 0.493 e. The highest BCUT2D eigenvalue weighted by molar-refractivity contribution is 9.10. The van der Waals surface area contributed by atoms with Gasteiger partial charge in [0.05, 0.1) is 11.4 Å². The summed E-state index contributed by atoms with van der Waals surface area (Å²) in [5.74, 6) is -0.453. The molecule has 0 aliphatic heterocycles. The van der Waals surface area contributed by atoms with Crippen molar-refractivity contribution < 1.29 is 5.11 Å². The summed E-state index contributed by atoms with van der Waals surface area (Å²) in [5.41, 5.74) is 2.55. The van der Waals surface area contributed by atoms with Crippen molar-refractivity contribution in [1.82, 2.24) is 9.55 Å². The quantitative estimate of drug-likeness (QED) is 0.624.